The van der Waals surface area contributed by atoms with E-state index in [4.69, 9.17) is 9.47 Å². The molecule has 1 aliphatic rings. The number of hydrogen-bond donors (Lipinski definition) is 0. The largest absolute Gasteiger partial charge is 0.459 e. The number of carbonyl (C=O) groups excluding carboxylic acids is 3. The average molecular weight is 539 g/mol. The Kier molecular flexibility index (Phi) is 7.53. The Morgan fingerprint density at radius 2 is 1.58 bits per heavy atom. The molecule has 2 amide bonds. The fourth-order valence-electron chi connectivity index (χ4n) is 3.89. The van der Waals surface area contributed by atoms with Crippen LogP contribution in [0.25, 0.3) is 0 Å². The third-order valence-electron chi connectivity index (χ3n) is 5.73. The van der Waals surface area contributed by atoms with Crippen LogP contribution in [0.2, 0.25) is 0 Å². The molecule has 0 saturated heterocycles. The van der Waals surface area contributed by atoms with Gasteiger partial charge in [-0.3, -0.25) is 24.6 Å². The smallest absolute Gasteiger partial charge is 0.329 e. The molecule has 196 valence electrons. The van der Waals surface area contributed by atoms with Gasteiger partial charge in [0.25, 0.3) is 17.5 Å². The predicted octanol–water partition coefficient (Wildman–Crippen LogP) is 3.53. The highest BCUT2D eigenvalue weighted by Crippen LogP contribution is 2.28. The van der Waals surface area contributed by atoms with Gasteiger partial charge in [-0.25, -0.2) is 13.2 Å². The minimum Gasteiger partial charge on any atom is -0.459 e. The number of esters is 1. The Bertz CT molecular complexity index is 1480. The fourth-order valence-corrected chi connectivity index (χ4v) is 4.54. The van der Waals surface area contributed by atoms with Gasteiger partial charge in [0.1, 0.15) is 34.0 Å². The molecule has 0 aromatic heterocycles. The van der Waals surface area contributed by atoms with Gasteiger partial charge in [0.05, 0.1) is 21.8 Å². The van der Waals surface area contributed by atoms with Crippen molar-refractivity contribution >= 4 is 33.3 Å². The van der Waals surface area contributed by atoms with E-state index < -0.39 is 44.3 Å². The number of nitrogens with zero attached hydrogens (tertiary/aromatic N) is 2. The monoisotopic (exact) mass is 538 g/mol. The molecule has 1 atom stereocenters. The molecule has 12 heteroatoms. The first-order valence-electron chi connectivity index (χ1n) is 11.4. The molecule has 0 N–H and O–H groups in total. The molecule has 0 bridgehead atoms. The molecule has 0 spiro atoms. The van der Waals surface area contributed by atoms with Crippen molar-refractivity contribution in [2.45, 2.75) is 19.1 Å². The maximum Gasteiger partial charge on any atom is 0.329 e. The summed E-state index contributed by atoms with van der Waals surface area (Å²) in [7, 11) is -3.51. The number of ether oxygens (including phenoxy) is 2. The molecule has 1 aliphatic heterocycles. The standard InChI is InChI=1S/C26H22N2O9S/c1-38(34,35)14-13-23(27-24(29)21-7-2-3-8-22(21)25(27)30)26(31)36-16-17-5-4-6-20(15-17)37-19-11-9-18(10-12-19)28(32)33/h2-12,15,23H,13-14,16H2,1H3/t23-/m1/s1. The lowest BCUT2D eigenvalue weighted by Crippen LogP contribution is -2.46. The number of amides is 2. The summed E-state index contributed by atoms with van der Waals surface area (Å²) in [6.45, 7) is -0.241. The van der Waals surface area contributed by atoms with Crippen LogP contribution in [0.4, 0.5) is 5.69 Å². The topological polar surface area (TPSA) is 150 Å². The highest BCUT2D eigenvalue weighted by molar-refractivity contribution is 7.90. The molecule has 0 saturated carbocycles. The van der Waals surface area contributed by atoms with Crippen LogP contribution in [0.3, 0.4) is 0 Å². The summed E-state index contributed by atoms with van der Waals surface area (Å²) in [5, 5.41) is 10.8. The number of carbonyl (C=O) groups is 3. The summed E-state index contributed by atoms with van der Waals surface area (Å²) in [5.74, 6) is -2.01. The molecule has 0 radical (unpaired) electrons. The summed E-state index contributed by atoms with van der Waals surface area (Å²) in [4.78, 5) is 50.0. The first-order chi connectivity index (χ1) is 18.0. The second-order valence-electron chi connectivity index (χ2n) is 8.57. The predicted molar refractivity (Wildman–Crippen MR) is 134 cm³/mol. The van der Waals surface area contributed by atoms with E-state index in [0.29, 0.717) is 17.1 Å². The molecule has 38 heavy (non-hydrogen) atoms. The first kappa shape index (κ1) is 26.5. The zero-order valence-electron chi connectivity index (χ0n) is 20.1. The summed E-state index contributed by atoms with van der Waals surface area (Å²) in [6.07, 6.45) is 0.681. The van der Waals surface area contributed by atoms with Crippen LogP contribution in [0.5, 0.6) is 11.5 Å². The Morgan fingerprint density at radius 1 is 0.947 bits per heavy atom. The Balaban J connectivity index is 1.48. The molecule has 0 aliphatic carbocycles. The number of imide groups is 1. The van der Waals surface area contributed by atoms with Crippen molar-refractivity contribution < 1.29 is 37.2 Å². The van der Waals surface area contributed by atoms with Gasteiger partial charge in [-0.05, 0) is 48.4 Å². The minimum atomic E-state index is -3.51. The lowest BCUT2D eigenvalue weighted by Gasteiger charge is -2.24. The summed E-state index contributed by atoms with van der Waals surface area (Å²) >= 11 is 0. The van der Waals surface area contributed by atoms with Crippen molar-refractivity contribution in [3.8, 4) is 11.5 Å². The normalized spacial score (nSPS) is 13.7. The van der Waals surface area contributed by atoms with Gasteiger partial charge in [-0.1, -0.05) is 24.3 Å². The molecule has 11 nitrogen and oxygen atoms in total. The quantitative estimate of drug-likeness (QED) is 0.163. The number of hydrogen-bond acceptors (Lipinski definition) is 9. The van der Waals surface area contributed by atoms with E-state index >= 15 is 0 Å². The van der Waals surface area contributed by atoms with Crippen molar-refractivity contribution in [3.63, 3.8) is 0 Å². The summed E-state index contributed by atoms with van der Waals surface area (Å²) in [5.41, 5.74) is 0.694. The Hall–Kier alpha value is -4.58. The van der Waals surface area contributed by atoms with Crippen molar-refractivity contribution in [2.75, 3.05) is 12.0 Å². The molecule has 4 rings (SSSR count). The van der Waals surface area contributed by atoms with E-state index in [2.05, 4.69) is 0 Å². The maximum absolute atomic E-state index is 13.1. The molecule has 1 heterocycles. The Morgan fingerprint density at radius 3 is 2.16 bits per heavy atom. The molecule has 0 fully saturated rings. The van der Waals surface area contributed by atoms with Crippen LogP contribution < -0.4 is 4.74 Å². The number of non-ortho nitro benzene ring substituents is 1. The lowest BCUT2D eigenvalue weighted by atomic mass is 10.1. The third-order valence-corrected chi connectivity index (χ3v) is 6.71. The number of nitro groups is 1. The number of nitro benzene ring substituents is 1. The van der Waals surface area contributed by atoms with E-state index in [-0.39, 0.29) is 29.8 Å². The molecule has 3 aromatic rings. The highest BCUT2D eigenvalue weighted by Gasteiger charge is 2.43. The number of sulfone groups is 1. The molecular formula is C26H22N2O9S. The van der Waals surface area contributed by atoms with Crippen LogP contribution in [-0.4, -0.2) is 54.1 Å². The highest BCUT2D eigenvalue weighted by atomic mass is 32.2. The second kappa shape index (κ2) is 10.8. The summed E-state index contributed by atoms with van der Waals surface area (Å²) < 4.78 is 34.7. The van der Waals surface area contributed by atoms with E-state index in [1.54, 1.807) is 36.4 Å². The number of rotatable bonds is 10. The van der Waals surface area contributed by atoms with Crippen molar-refractivity contribution in [1.82, 2.24) is 4.90 Å². The van der Waals surface area contributed by atoms with E-state index in [1.165, 1.54) is 36.4 Å². The van der Waals surface area contributed by atoms with Crippen LogP contribution in [0.1, 0.15) is 32.7 Å². The van der Waals surface area contributed by atoms with E-state index in [9.17, 15) is 32.9 Å². The van der Waals surface area contributed by atoms with E-state index in [0.717, 1.165) is 11.2 Å². The van der Waals surface area contributed by atoms with Gasteiger partial charge in [-0.2, -0.15) is 0 Å². The SMILES string of the molecule is CS(=O)(=O)CC[C@H](C(=O)OCc1cccc(Oc2ccc([N+](=O)[O-])cc2)c1)N1C(=O)c2ccccc2C1=O. The zero-order valence-corrected chi connectivity index (χ0v) is 20.9. The van der Waals surface area contributed by atoms with Gasteiger partial charge in [0.2, 0.25) is 0 Å². The third kappa shape index (κ3) is 6.03. The van der Waals surface area contributed by atoms with Crippen LogP contribution in [-0.2, 0) is 26.0 Å². The van der Waals surface area contributed by atoms with Gasteiger partial charge < -0.3 is 9.47 Å². The van der Waals surface area contributed by atoms with Crippen molar-refractivity contribution in [3.05, 3.63) is 99.6 Å². The second-order valence-corrected chi connectivity index (χ2v) is 10.8. The minimum absolute atomic E-state index is 0.0819. The van der Waals surface area contributed by atoms with Gasteiger partial charge in [-0.15, -0.1) is 0 Å². The Labute approximate surface area is 217 Å². The van der Waals surface area contributed by atoms with Gasteiger partial charge in [0.15, 0.2) is 0 Å². The number of fused-ring (bicyclic) bond motifs is 1. The summed E-state index contributed by atoms with van der Waals surface area (Å²) in [6, 6.07) is 16.7. The average Bonchev–Trinajstić information content (AvgIpc) is 3.13. The first-order valence-corrected chi connectivity index (χ1v) is 13.4. The van der Waals surface area contributed by atoms with Crippen molar-refractivity contribution in [2.24, 2.45) is 0 Å². The van der Waals surface area contributed by atoms with Gasteiger partial charge in [0, 0.05) is 18.4 Å². The van der Waals surface area contributed by atoms with Gasteiger partial charge >= 0.3 is 5.97 Å². The van der Waals surface area contributed by atoms with Crippen LogP contribution >= 0.6 is 0 Å². The van der Waals surface area contributed by atoms with Crippen LogP contribution in [0, 0.1) is 10.1 Å². The maximum atomic E-state index is 13.1. The lowest BCUT2D eigenvalue weighted by molar-refractivity contribution is -0.384. The number of benzene rings is 3. The van der Waals surface area contributed by atoms with Crippen LogP contribution in [0.15, 0.2) is 72.8 Å². The molecule has 3 aromatic carbocycles. The molecular weight excluding hydrogens is 516 g/mol. The van der Waals surface area contributed by atoms with E-state index in [1.807, 2.05) is 0 Å². The zero-order chi connectivity index (χ0) is 27.4. The van der Waals surface area contributed by atoms with Crippen molar-refractivity contribution in [1.29, 1.82) is 0 Å². The fraction of sp³-hybridized carbons (Fsp3) is 0.192. The molecule has 0 unspecified atom stereocenters.